The minimum Gasteiger partial charge on any atom is -0.379 e. The van der Waals surface area contributed by atoms with Gasteiger partial charge in [0.15, 0.2) is 5.96 Å². The van der Waals surface area contributed by atoms with E-state index in [1.807, 2.05) is 13.2 Å². The van der Waals surface area contributed by atoms with Crippen LogP contribution in [-0.2, 0) is 11.3 Å². The summed E-state index contributed by atoms with van der Waals surface area (Å²) in [7, 11) is 3.99. The van der Waals surface area contributed by atoms with E-state index in [1.54, 1.807) is 0 Å². The Morgan fingerprint density at radius 1 is 1.13 bits per heavy atom. The number of guanidine groups is 1. The fourth-order valence-electron chi connectivity index (χ4n) is 3.77. The molecule has 170 valence electrons. The number of pyridine rings is 1. The van der Waals surface area contributed by atoms with E-state index >= 15 is 0 Å². The number of ether oxygens (including phenoxy) is 1. The van der Waals surface area contributed by atoms with E-state index < -0.39 is 0 Å². The Morgan fingerprint density at radius 3 is 2.50 bits per heavy atom. The summed E-state index contributed by atoms with van der Waals surface area (Å²) in [6.45, 7) is 13.9. The van der Waals surface area contributed by atoms with E-state index in [2.05, 4.69) is 68.3 Å². The van der Waals surface area contributed by atoms with Gasteiger partial charge in [0.05, 0.1) is 13.2 Å². The molecule has 0 saturated carbocycles. The molecule has 8 nitrogen and oxygen atoms in total. The Hall–Kier alpha value is -1.17. The van der Waals surface area contributed by atoms with Crippen molar-refractivity contribution in [2.45, 2.75) is 25.9 Å². The normalized spacial score (nSPS) is 19.3. The quantitative estimate of drug-likeness (QED) is 0.325. The van der Waals surface area contributed by atoms with E-state index in [1.165, 1.54) is 5.56 Å². The lowest BCUT2D eigenvalue weighted by atomic mass is 10.0. The molecule has 0 atom stereocenters. The molecule has 0 aromatic carbocycles. The van der Waals surface area contributed by atoms with Gasteiger partial charge in [0.2, 0.25) is 0 Å². The van der Waals surface area contributed by atoms with E-state index in [0.29, 0.717) is 0 Å². The number of piperazine rings is 1. The van der Waals surface area contributed by atoms with Crippen LogP contribution in [0.2, 0.25) is 0 Å². The molecule has 0 amide bonds. The largest absolute Gasteiger partial charge is 0.379 e. The maximum absolute atomic E-state index is 5.48. The lowest BCUT2D eigenvalue weighted by molar-refractivity contribution is -0.00834. The van der Waals surface area contributed by atoms with Crippen molar-refractivity contribution < 1.29 is 4.74 Å². The lowest BCUT2D eigenvalue weighted by Gasteiger charge is -2.41. The number of hydrogen-bond acceptors (Lipinski definition) is 6. The molecule has 2 N–H and O–H groups in total. The highest BCUT2D eigenvalue weighted by atomic mass is 127. The second kappa shape index (κ2) is 12.0. The number of morpholine rings is 1. The first kappa shape index (κ1) is 25.1. The van der Waals surface area contributed by atoms with Crippen molar-refractivity contribution >= 4 is 35.8 Å². The van der Waals surface area contributed by atoms with E-state index in [-0.39, 0.29) is 29.5 Å². The van der Waals surface area contributed by atoms with Gasteiger partial charge in [0, 0.05) is 71.1 Å². The molecule has 2 aliphatic heterocycles. The van der Waals surface area contributed by atoms with E-state index in [4.69, 9.17) is 4.74 Å². The summed E-state index contributed by atoms with van der Waals surface area (Å²) < 4.78 is 5.48. The van der Waals surface area contributed by atoms with E-state index in [9.17, 15) is 0 Å². The fraction of sp³-hybridized carbons (Fsp3) is 0.714. The Kier molecular flexibility index (Phi) is 10.1. The van der Waals surface area contributed by atoms with Crippen molar-refractivity contribution in [3.63, 3.8) is 0 Å². The summed E-state index contributed by atoms with van der Waals surface area (Å²) in [6, 6.07) is 4.25. The summed E-state index contributed by atoms with van der Waals surface area (Å²) in [5, 5.41) is 6.92. The Morgan fingerprint density at radius 2 is 1.83 bits per heavy atom. The summed E-state index contributed by atoms with van der Waals surface area (Å²) in [5.74, 6) is 1.89. The number of likely N-dealkylation sites (N-methyl/N-ethyl adjacent to an activating group) is 1. The van der Waals surface area contributed by atoms with Crippen LogP contribution in [0, 0.1) is 0 Å². The van der Waals surface area contributed by atoms with Crippen molar-refractivity contribution in [2.24, 2.45) is 4.99 Å². The Balaban J connectivity index is 0.00000320. The SMILES string of the molecule is CN=C(NCc1ccnc(N2CCN(C)CC2)c1)NCC(C)(C)N1CCOCC1.I. The monoisotopic (exact) mass is 531 g/mol. The van der Waals surface area contributed by atoms with Gasteiger partial charge in [-0.25, -0.2) is 4.98 Å². The van der Waals surface area contributed by atoms with Gasteiger partial charge in [-0.3, -0.25) is 9.89 Å². The van der Waals surface area contributed by atoms with Gasteiger partial charge in [-0.15, -0.1) is 24.0 Å². The first-order valence-corrected chi connectivity index (χ1v) is 10.6. The molecule has 2 fully saturated rings. The number of rotatable bonds is 6. The molecule has 1 aromatic rings. The summed E-state index contributed by atoms with van der Waals surface area (Å²) in [5.41, 5.74) is 1.26. The molecule has 2 aliphatic rings. The Bertz CT molecular complexity index is 671. The van der Waals surface area contributed by atoms with Crippen LogP contribution in [0.4, 0.5) is 5.82 Å². The average Bonchev–Trinajstić information content (AvgIpc) is 2.75. The summed E-state index contributed by atoms with van der Waals surface area (Å²) in [6.07, 6.45) is 1.91. The number of aromatic nitrogens is 1. The van der Waals surface area contributed by atoms with Gasteiger partial charge in [0.1, 0.15) is 5.82 Å². The summed E-state index contributed by atoms with van der Waals surface area (Å²) >= 11 is 0. The predicted octanol–water partition coefficient (Wildman–Crippen LogP) is 1.23. The van der Waals surface area contributed by atoms with E-state index in [0.717, 1.165) is 77.3 Å². The van der Waals surface area contributed by atoms with Crippen molar-refractivity contribution in [2.75, 3.05) is 78.0 Å². The summed E-state index contributed by atoms with van der Waals surface area (Å²) in [4.78, 5) is 16.2. The highest BCUT2D eigenvalue weighted by molar-refractivity contribution is 14.0. The van der Waals surface area contributed by atoms with Crippen molar-refractivity contribution in [1.29, 1.82) is 0 Å². The molecular formula is C21H38IN7O. The molecule has 3 heterocycles. The van der Waals surface area contributed by atoms with Gasteiger partial charge in [-0.05, 0) is 38.6 Å². The molecule has 3 rings (SSSR count). The lowest BCUT2D eigenvalue weighted by Crippen LogP contribution is -2.56. The third kappa shape index (κ3) is 7.21. The van der Waals surface area contributed by atoms with Crippen molar-refractivity contribution in [3.05, 3.63) is 23.9 Å². The predicted molar refractivity (Wildman–Crippen MR) is 134 cm³/mol. The number of hydrogen-bond donors (Lipinski definition) is 2. The zero-order chi connectivity index (χ0) is 20.7. The molecule has 0 spiro atoms. The molecule has 9 heteroatoms. The third-order valence-corrected chi connectivity index (χ3v) is 5.88. The van der Waals surface area contributed by atoms with Gasteiger partial charge in [-0.1, -0.05) is 0 Å². The minimum atomic E-state index is 0. The molecule has 0 bridgehead atoms. The van der Waals surface area contributed by atoms with Crippen molar-refractivity contribution in [3.8, 4) is 0 Å². The smallest absolute Gasteiger partial charge is 0.191 e. The van der Waals surface area contributed by atoms with Crippen LogP contribution in [0.25, 0.3) is 0 Å². The second-order valence-electron chi connectivity index (χ2n) is 8.50. The highest BCUT2D eigenvalue weighted by Gasteiger charge is 2.28. The first-order valence-electron chi connectivity index (χ1n) is 10.6. The number of anilines is 1. The van der Waals surface area contributed by atoms with Gasteiger partial charge < -0.3 is 25.2 Å². The van der Waals surface area contributed by atoms with Gasteiger partial charge in [0.25, 0.3) is 0 Å². The molecule has 2 saturated heterocycles. The zero-order valence-corrected chi connectivity index (χ0v) is 21.2. The topological polar surface area (TPSA) is 68.3 Å². The van der Waals surface area contributed by atoms with Crippen LogP contribution in [-0.4, -0.2) is 99.4 Å². The maximum Gasteiger partial charge on any atom is 0.191 e. The van der Waals surface area contributed by atoms with Gasteiger partial charge in [-0.2, -0.15) is 0 Å². The van der Waals surface area contributed by atoms with Crippen LogP contribution in [0.15, 0.2) is 23.3 Å². The number of nitrogens with one attached hydrogen (secondary N) is 2. The highest BCUT2D eigenvalue weighted by Crippen LogP contribution is 2.16. The standard InChI is InChI=1S/C21H37N7O.HI/c1-21(2,28-11-13-29-14-12-28)17-25-20(22-3)24-16-18-5-6-23-19(15-18)27-9-7-26(4)8-10-27;/h5-6,15H,7-14,16-17H2,1-4H3,(H2,22,24,25);1H. The van der Waals surface area contributed by atoms with Crippen molar-refractivity contribution in [1.82, 2.24) is 25.4 Å². The molecule has 30 heavy (non-hydrogen) atoms. The van der Waals surface area contributed by atoms with Crippen LogP contribution in [0.3, 0.4) is 0 Å². The Labute approximate surface area is 198 Å². The number of halogens is 1. The zero-order valence-electron chi connectivity index (χ0n) is 18.9. The fourth-order valence-corrected chi connectivity index (χ4v) is 3.77. The van der Waals surface area contributed by atoms with Crippen LogP contribution in [0.1, 0.15) is 19.4 Å². The number of nitrogens with zero attached hydrogens (tertiary/aromatic N) is 5. The molecule has 1 aromatic heterocycles. The van der Waals surface area contributed by atoms with Gasteiger partial charge >= 0.3 is 0 Å². The second-order valence-corrected chi connectivity index (χ2v) is 8.50. The molecule has 0 aliphatic carbocycles. The molecular weight excluding hydrogens is 493 g/mol. The van der Waals surface area contributed by atoms with Crippen LogP contribution >= 0.6 is 24.0 Å². The molecule has 0 radical (unpaired) electrons. The molecule has 0 unspecified atom stereocenters. The number of aliphatic imine (C=N–C) groups is 1. The minimum absolute atomic E-state index is 0. The first-order chi connectivity index (χ1) is 14.0. The van der Waals surface area contributed by atoms with Crippen LogP contribution in [0.5, 0.6) is 0 Å². The third-order valence-electron chi connectivity index (χ3n) is 5.88. The average molecular weight is 531 g/mol. The van der Waals surface area contributed by atoms with Crippen LogP contribution < -0.4 is 15.5 Å². The maximum atomic E-state index is 5.48.